The first-order valence-corrected chi connectivity index (χ1v) is 6.20. The number of fused-ring (bicyclic) bond motifs is 1. The number of halogens is 1. The molecule has 0 aromatic heterocycles. The molecule has 19 heavy (non-hydrogen) atoms. The third-order valence-corrected chi connectivity index (χ3v) is 3.39. The van der Waals surface area contributed by atoms with Gasteiger partial charge in [-0.05, 0) is 23.3 Å². The molecule has 1 aliphatic rings. The summed E-state index contributed by atoms with van der Waals surface area (Å²) >= 11 is 5.74. The van der Waals surface area contributed by atoms with Crippen molar-refractivity contribution in [2.45, 2.75) is 0 Å². The molecule has 0 radical (unpaired) electrons. The van der Waals surface area contributed by atoms with E-state index in [1.807, 2.05) is 36.4 Å². The standard InChI is InChI=1S/C16H9ClO2/c17-14-9-15(18)13-8-11(6-7-12(13)16(14)19)10-4-2-1-3-5-10/h1-9H. The number of hydrogen-bond acceptors (Lipinski definition) is 2. The number of ketones is 2. The van der Waals surface area contributed by atoms with Gasteiger partial charge in [0.2, 0.25) is 5.78 Å². The Balaban J connectivity index is 2.15. The van der Waals surface area contributed by atoms with Crippen LogP contribution in [0.1, 0.15) is 20.7 Å². The highest BCUT2D eigenvalue weighted by atomic mass is 35.5. The van der Waals surface area contributed by atoms with E-state index in [1.165, 1.54) is 6.08 Å². The highest BCUT2D eigenvalue weighted by Crippen LogP contribution is 2.28. The second-order valence-corrected chi connectivity index (χ2v) is 4.72. The molecule has 1 aliphatic carbocycles. The molecule has 2 aromatic rings. The van der Waals surface area contributed by atoms with E-state index in [1.54, 1.807) is 12.1 Å². The van der Waals surface area contributed by atoms with Crippen molar-refractivity contribution in [2.24, 2.45) is 0 Å². The number of carbonyl (C=O) groups is 2. The minimum absolute atomic E-state index is 0.0232. The topological polar surface area (TPSA) is 34.1 Å². The lowest BCUT2D eigenvalue weighted by Gasteiger charge is -2.13. The van der Waals surface area contributed by atoms with Gasteiger partial charge >= 0.3 is 0 Å². The number of allylic oxidation sites excluding steroid dienone is 2. The van der Waals surface area contributed by atoms with Gasteiger partial charge in [-0.25, -0.2) is 0 Å². The molecule has 0 N–H and O–H groups in total. The molecule has 0 unspecified atom stereocenters. The Kier molecular flexibility index (Phi) is 2.80. The van der Waals surface area contributed by atoms with Crippen LogP contribution in [0, 0.1) is 0 Å². The number of Topliss-reactive ketones (excluding diaryl/α,β-unsaturated/α-hetero) is 1. The predicted molar refractivity (Wildman–Crippen MR) is 74.5 cm³/mol. The van der Waals surface area contributed by atoms with Crippen LogP contribution in [-0.2, 0) is 0 Å². The SMILES string of the molecule is O=C1C=C(Cl)C(=O)c2ccc(-c3ccccc3)cc21. The minimum atomic E-state index is -0.295. The van der Waals surface area contributed by atoms with Crippen LogP contribution in [0.25, 0.3) is 11.1 Å². The molecule has 0 aliphatic heterocycles. The molecule has 2 nitrogen and oxygen atoms in total. The number of rotatable bonds is 1. The van der Waals surface area contributed by atoms with E-state index in [-0.39, 0.29) is 16.6 Å². The van der Waals surface area contributed by atoms with Crippen LogP contribution >= 0.6 is 11.6 Å². The molecule has 3 rings (SSSR count). The fraction of sp³-hybridized carbons (Fsp3) is 0. The van der Waals surface area contributed by atoms with Crippen molar-refractivity contribution in [1.82, 2.24) is 0 Å². The van der Waals surface area contributed by atoms with Gasteiger partial charge in [-0.2, -0.15) is 0 Å². The average Bonchev–Trinajstić information content (AvgIpc) is 2.45. The van der Waals surface area contributed by atoms with Crippen LogP contribution in [0.5, 0.6) is 0 Å². The van der Waals surface area contributed by atoms with Gasteiger partial charge in [-0.15, -0.1) is 0 Å². The highest BCUT2D eigenvalue weighted by Gasteiger charge is 2.24. The van der Waals surface area contributed by atoms with Crippen LogP contribution in [0.2, 0.25) is 0 Å². The molecule has 0 saturated carbocycles. The zero-order valence-electron chi connectivity index (χ0n) is 9.89. The molecular weight excluding hydrogens is 260 g/mol. The molecule has 0 saturated heterocycles. The van der Waals surface area contributed by atoms with E-state index in [2.05, 4.69) is 0 Å². The first-order valence-electron chi connectivity index (χ1n) is 5.82. The van der Waals surface area contributed by atoms with Crippen molar-refractivity contribution < 1.29 is 9.59 Å². The molecule has 0 atom stereocenters. The van der Waals surface area contributed by atoms with Gasteiger partial charge in [0.15, 0.2) is 5.78 Å². The Morgan fingerprint density at radius 3 is 2.26 bits per heavy atom. The fourth-order valence-corrected chi connectivity index (χ4v) is 2.34. The summed E-state index contributed by atoms with van der Waals surface area (Å²) in [6.07, 6.45) is 1.18. The van der Waals surface area contributed by atoms with Crippen LogP contribution in [0.3, 0.4) is 0 Å². The van der Waals surface area contributed by atoms with E-state index >= 15 is 0 Å². The minimum Gasteiger partial charge on any atom is -0.289 e. The van der Waals surface area contributed by atoms with Gasteiger partial charge in [0.1, 0.15) is 0 Å². The lowest BCUT2D eigenvalue weighted by Crippen LogP contribution is -2.14. The molecule has 0 amide bonds. The second kappa shape index (κ2) is 4.48. The lowest BCUT2D eigenvalue weighted by molar-refractivity contribution is 0.0990. The fourth-order valence-electron chi connectivity index (χ4n) is 2.14. The van der Waals surface area contributed by atoms with E-state index in [9.17, 15) is 9.59 Å². The van der Waals surface area contributed by atoms with E-state index in [4.69, 9.17) is 11.6 Å². The summed E-state index contributed by atoms with van der Waals surface area (Å²) in [4.78, 5) is 23.8. The molecule has 0 bridgehead atoms. The van der Waals surface area contributed by atoms with Gasteiger partial charge in [-0.1, -0.05) is 48.0 Å². The van der Waals surface area contributed by atoms with Crippen LogP contribution in [0.15, 0.2) is 59.6 Å². The summed E-state index contributed by atoms with van der Waals surface area (Å²) in [5.74, 6) is -0.520. The van der Waals surface area contributed by atoms with Crippen LogP contribution in [-0.4, -0.2) is 11.6 Å². The number of benzene rings is 2. The zero-order valence-corrected chi connectivity index (χ0v) is 10.6. The van der Waals surface area contributed by atoms with Crippen molar-refractivity contribution in [2.75, 3.05) is 0 Å². The first kappa shape index (κ1) is 11.9. The first-order chi connectivity index (χ1) is 9.16. The Morgan fingerprint density at radius 1 is 0.789 bits per heavy atom. The van der Waals surface area contributed by atoms with Gasteiger partial charge in [0.25, 0.3) is 0 Å². The molecular formula is C16H9ClO2. The van der Waals surface area contributed by atoms with Crippen molar-refractivity contribution >= 4 is 23.2 Å². The largest absolute Gasteiger partial charge is 0.289 e. The third-order valence-electron chi connectivity index (χ3n) is 3.11. The van der Waals surface area contributed by atoms with Crippen molar-refractivity contribution in [3.63, 3.8) is 0 Å². The molecule has 0 heterocycles. The zero-order chi connectivity index (χ0) is 13.4. The maximum absolute atomic E-state index is 11.9. The highest BCUT2D eigenvalue weighted by molar-refractivity contribution is 6.49. The Bertz CT molecular complexity index is 715. The number of hydrogen-bond donors (Lipinski definition) is 0. The summed E-state index contributed by atoms with van der Waals surface area (Å²) in [5, 5.41) is -0.0232. The summed E-state index contributed by atoms with van der Waals surface area (Å²) in [7, 11) is 0. The summed E-state index contributed by atoms with van der Waals surface area (Å²) < 4.78 is 0. The Labute approximate surface area is 115 Å². The Hall–Kier alpha value is -2.19. The van der Waals surface area contributed by atoms with Gasteiger partial charge in [0.05, 0.1) is 5.03 Å². The lowest BCUT2D eigenvalue weighted by atomic mass is 9.91. The quantitative estimate of drug-likeness (QED) is 0.787. The van der Waals surface area contributed by atoms with Crippen molar-refractivity contribution in [3.05, 3.63) is 70.8 Å². The van der Waals surface area contributed by atoms with Gasteiger partial charge in [0, 0.05) is 17.2 Å². The van der Waals surface area contributed by atoms with E-state index in [0.29, 0.717) is 11.1 Å². The average molecular weight is 269 g/mol. The van der Waals surface area contributed by atoms with Crippen molar-refractivity contribution in [1.29, 1.82) is 0 Å². The molecule has 2 aromatic carbocycles. The van der Waals surface area contributed by atoms with Gasteiger partial charge < -0.3 is 0 Å². The monoisotopic (exact) mass is 268 g/mol. The Morgan fingerprint density at radius 2 is 1.53 bits per heavy atom. The third kappa shape index (κ3) is 2.00. The number of carbonyl (C=O) groups excluding carboxylic acids is 2. The van der Waals surface area contributed by atoms with Crippen LogP contribution in [0.4, 0.5) is 0 Å². The van der Waals surface area contributed by atoms with Gasteiger partial charge in [-0.3, -0.25) is 9.59 Å². The summed E-state index contributed by atoms with van der Waals surface area (Å²) in [6, 6.07) is 14.9. The van der Waals surface area contributed by atoms with E-state index in [0.717, 1.165) is 11.1 Å². The van der Waals surface area contributed by atoms with Crippen LogP contribution < -0.4 is 0 Å². The molecule has 0 spiro atoms. The normalized spacial score (nSPS) is 14.1. The maximum atomic E-state index is 11.9. The predicted octanol–water partition coefficient (Wildman–Crippen LogP) is 3.86. The molecule has 92 valence electrons. The maximum Gasteiger partial charge on any atom is 0.205 e. The molecule has 0 fully saturated rings. The molecule has 3 heteroatoms. The summed E-state index contributed by atoms with van der Waals surface area (Å²) in [6.45, 7) is 0. The van der Waals surface area contributed by atoms with Crippen molar-refractivity contribution in [3.8, 4) is 11.1 Å². The summed E-state index contributed by atoms with van der Waals surface area (Å²) in [5.41, 5.74) is 2.70. The second-order valence-electron chi connectivity index (χ2n) is 4.31. The van der Waals surface area contributed by atoms with E-state index < -0.39 is 0 Å². The smallest absolute Gasteiger partial charge is 0.205 e.